The third kappa shape index (κ3) is 7.45. The first kappa shape index (κ1) is 27.4. The Bertz CT molecular complexity index is 1270. The minimum absolute atomic E-state index is 0.0627. The second-order valence-electron chi connectivity index (χ2n) is 10.0. The van der Waals surface area contributed by atoms with E-state index in [2.05, 4.69) is 25.5 Å². The van der Waals surface area contributed by atoms with Gasteiger partial charge in [0.2, 0.25) is 0 Å². The van der Waals surface area contributed by atoms with E-state index >= 15 is 0 Å². The molecule has 1 atom stereocenters. The highest BCUT2D eigenvalue weighted by Crippen LogP contribution is 2.32. The molecule has 1 aliphatic rings. The van der Waals surface area contributed by atoms with Crippen LogP contribution in [0.2, 0.25) is 0 Å². The third-order valence-corrected chi connectivity index (χ3v) is 6.64. The number of ether oxygens (including phenoxy) is 2. The summed E-state index contributed by atoms with van der Waals surface area (Å²) in [7, 11) is 1.34. The lowest BCUT2D eigenvalue weighted by molar-refractivity contribution is 0.0522. The first-order valence-corrected chi connectivity index (χ1v) is 13.2. The molecule has 4 rings (SSSR count). The topological polar surface area (TPSA) is 131 Å². The number of rotatable bonds is 8. The fourth-order valence-electron chi connectivity index (χ4n) is 4.10. The van der Waals surface area contributed by atoms with Gasteiger partial charge in [0.1, 0.15) is 22.1 Å². The Morgan fingerprint density at radius 3 is 2.71 bits per heavy atom. The molecule has 0 bridgehead atoms. The van der Waals surface area contributed by atoms with Crippen molar-refractivity contribution in [2.45, 2.75) is 65.3 Å². The van der Waals surface area contributed by atoms with Gasteiger partial charge in [0.05, 0.1) is 25.0 Å². The van der Waals surface area contributed by atoms with E-state index in [1.54, 1.807) is 6.20 Å². The van der Waals surface area contributed by atoms with E-state index in [0.717, 1.165) is 42.2 Å². The molecule has 2 N–H and O–H groups in total. The van der Waals surface area contributed by atoms with Gasteiger partial charge in [-0.25, -0.2) is 24.5 Å². The zero-order chi connectivity index (χ0) is 27.3. The Hall–Kier alpha value is -3.64. The van der Waals surface area contributed by atoms with Crippen LogP contribution < -0.4 is 10.6 Å². The van der Waals surface area contributed by atoms with Crippen LogP contribution in [0.4, 0.5) is 15.7 Å². The lowest BCUT2D eigenvalue weighted by atomic mass is 10.2. The third-order valence-electron chi connectivity index (χ3n) is 5.75. The Morgan fingerprint density at radius 2 is 2.00 bits per heavy atom. The van der Waals surface area contributed by atoms with Crippen molar-refractivity contribution in [3.8, 4) is 0 Å². The SMILES string of the molecule is COC(=O)c1cnc(Nc2cc(C)nc(C3CCCN3Cc3ccc(CNC(=O)OC(C)(C)C)cn3)n2)s1. The number of aryl methyl sites for hydroxylation is 1. The summed E-state index contributed by atoms with van der Waals surface area (Å²) in [6.45, 7) is 9.36. The number of pyridine rings is 1. The molecule has 0 radical (unpaired) electrons. The summed E-state index contributed by atoms with van der Waals surface area (Å²) in [5.41, 5.74) is 2.13. The molecule has 3 aromatic heterocycles. The standard InChI is InChI=1S/C26H33N7O4S/c1-16-11-21(32-24-28-14-20(38-24)23(34)36-5)31-22(30-16)19-7-6-10-33(19)15-18-9-8-17(12-27-18)13-29-25(35)37-26(2,3)4/h8-9,11-12,14,19H,6-7,10,13,15H2,1-5H3,(H,29,35)(H,28,30,31,32). The molecule has 12 heteroatoms. The number of nitrogens with one attached hydrogen (secondary N) is 2. The molecule has 3 aromatic rings. The summed E-state index contributed by atoms with van der Waals surface area (Å²) in [4.78, 5) is 44.7. The van der Waals surface area contributed by atoms with Crippen molar-refractivity contribution in [1.29, 1.82) is 0 Å². The number of esters is 1. The second kappa shape index (κ2) is 11.8. The molecule has 11 nitrogen and oxygen atoms in total. The maximum absolute atomic E-state index is 11.9. The summed E-state index contributed by atoms with van der Waals surface area (Å²) in [5, 5.41) is 6.50. The van der Waals surface area contributed by atoms with Crippen molar-refractivity contribution in [3.05, 3.63) is 58.2 Å². The van der Waals surface area contributed by atoms with Crippen molar-refractivity contribution in [2.75, 3.05) is 19.0 Å². The van der Waals surface area contributed by atoms with Gasteiger partial charge in [-0.15, -0.1) is 0 Å². The van der Waals surface area contributed by atoms with Crippen LogP contribution in [0.1, 0.15) is 72.1 Å². The van der Waals surface area contributed by atoms with Gasteiger partial charge in [-0.3, -0.25) is 9.88 Å². The van der Waals surface area contributed by atoms with Crippen molar-refractivity contribution in [1.82, 2.24) is 30.2 Å². The number of nitrogens with zero attached hydrogens (tertiary/aromatic N) is 5. The number of alkyl carbamates (subject to hydrolysis) is 1. The summed E-state index contributed by atoms with van der Waals surface area (Å²) in [6, 6.07) is 5.86. The zero-order valence-electron chi connectivity index (χ0n) is 22.3. The Morgan fingerprint density at radius 1 is 1.18 bits per heavy atom. The molecule has 0 aromatic carbocycles. The predicted molar refractivity (Wildman–Crippen MR) is 143 cm³/mol. The highest BCUT2D eigenvalue weighted by Gasteiger charge is 2.29. The van der Waals surface area contributed by atoms with Crippen LogP contribution in [0, 0.1) is 6.92 Å². The fourth-order valence-corrected chi connectivity index (χ4v) is 4.84. The summed E-state index contributed by atoms with van der Waals surface area (Å²) < 4.78 is 10.0. The summed E-state index contributed by atoms with van der Waals surface area (Å²) in [6.07, 6.45) is 4.80. The number of hydrogen-bond donors (Lipinski definition) is 2. The van der Waals surface area contributed by atoms with Crippen LogP contribution in [0.15, 0.2) is 30.6 Å². The minimum Gasteiger partial charge on any atom is -0.465 e. The lowest BCUT2D eigenvalue weighted by Crippen LogP contribution is -2.32. The molecule has 0 spiro atoms. The number of amides is 1. The predicted octanol–water partition coefficient (Wildman–Crippen LogP) is 4.53. The molecule has 202 valence electrons. The Balaban J connectivity index is 1.39. The van der Waals surface area contributed by atoms with Gasteiger partial charge in [-0.05, 0) is 58.7 Å². The normalized spacial score (nSPS) is 15.8. The van der Waals surface area contributed by atoms with E-state index in [1.165, 1.54) is 24.6 Å². The van der Waals surface area contributed by atoms with Crippen LogP contribution in [0.25, 0.3) is 0 Å². The molecule has 1 aliphatic heterocycles. The van der Waals surface area contributed by atoms with Crippen LogP contribution in [-0.4, -0.2) is 56.2 Å². The van der Waals surface area contributed by atoms with Crippen molar-refractivity contribution < 1.29 is 19.1 Å². The number of anilines is 2. The van der Waals surface area contributed by atoms with Crippen LogP contribution in [-0.2, 0) is 22.6 Å². The Labute approximate surface area is 226 Å². The molecular formula is C26H33N7O4S. The molecule has 1 amide bonds. The van der Waals surface area contributed by atoms with E-state index in [-0.39, 0.29) is 6.04 Å². The zero-order valence-corrected chi connectivity index (χ0v) is 23.1. The molecular weight excluding hydrogens is 506 g/mol. The first-order chi connectivity index (χ1) is 18.1. The molecule has 0 aliphatic carbocycles. The van der Waals surface area contributed by atoms with Crippen molar-refractivity contribution in [3.63, 3.8) is 0 Å². The largest absolute Gasteiger partial charge is 0.465 e. The number of carbonyl (C=O) groups excluding carboxylic acids is 2. The minimum atomic E-state index is -0.537. The number of likely N-dealkylation sites (tertiary alicyclic amines) is 1. The highest BCUT2D eigenvalue weighted by molar-refractivity contribution is 7.17. The monoisotopic (exact) mass is 539 g/mol. The van der Waals surface area contributed by atoms with Gasteiger partial charge in [0.25, 0.3) is 0 Å². The van der Waals surface area contributed by atoms with Crippen LogP contribution >= 0.6 is 11.3 Å². The number of carbonyl (C=O) groups is 2. The lowest BCUT2D eigenvalue weighted by Gasteiger charge is -2.23. The quantitative estimate of drug-likeness (QED) is 0.394. The molecule has 1 saturated heterocycles. The van der Waals surface area contributed by atoms with Gasteiger partial charge in [0.15, 0.2) is 5.13 Å². The first-order valence-electron chi connectivity index (χ1n) is 12.4. The summed E-state index contributed by atoms with van der Waals surface area (Å²) in [5.74, 6) is 0.954. The molecule has 1 unspecified atom stereocenters. The van der Waals surface area contributed by atoms with E-state index in [1.807, 2.05) is 45.9 Å². The smallest absolute Gasteiger partial charge is 0.407 e. The van der Waals surface area contributed by atoms with Crippen LogP contribution in [0.3, 0.4) is 0 Å². The van der Waals surface area contributed by atoms with Crippen molar-refractivity contribution >= 4 is 34.3 Å². The van der Waals surface area contributed by atoms with E-state index in [0.29, 0.717) is 28.9 Å². The van der Waals surface area contributed by atoms with Gasteiger partial charge in [-0.1, -0.05) is 17.4 Å². The number of aromatic nitrogens is 4. The Kier molecular flexibility index (Phi) is 8.52. The van der Waals surface area contributed by atoms with Gasteiger partial charge < -0.3 is 20.1 Å². The van der Waals surface area contributed by atoms with E-state index in [4.69, 9.17) is 19.4 Å². The van der Waals surface area contributed by atoms with Gasteiger partial charge in [-0.2, -0.15) is 0 Å². The average molecular weight is 540 g/mol. The molecule has 0 saturated carbocycles. The second-order valence-corrected chi connectivity index (χ2v) is 11.1. The number of methoxy groups -OCH3 is 1. The van der Waals surface area contributed by atoms with Gasteiger partial charge in [0, 0.05) is 31.0 Å². The summed E-state index contributed by atoms with van der Waals surface area (Å²) >= 11 is 1.21. The fraction of sp³-hybridized carbons (Fsp3) is 0.462. The molecule has 38 heavy (non-hydrogen) atoms. The molecule has 4 heterocycles. The highest BCUT2D eigenvalue weighted by atomic mass is 32.1. The van der Waals surface area contributed by atoms with Crippen molar-refractivity contribution in [2.24, 2.45) is 0 Å². The van der Waals surface area contributed by atoms with Crippen LogP contribution in [0.5, 0.6) is 0 Å². The maximum atomic E-state index is 11.9. The van der Waals surface area contributed by atoms with Gasteiger partial charge >= 0.3 is 12.1 Å². The average Bonchev–Trinajstić information content (AvgIpc) is 3.51. The molecule has 1 fully saturated rings. The number of hydrogen-bond acceptors (Lipinski definition) is 11. The van der Waals surface area contributed by atoms with E-state index < -0.39 is 17.7 Å². The van der Waals surface area contributed by atoms with E-state index in [9.17, 15) is 9.59 Å². The maximum Gasteiger partial charge on any atom is 0.407 e. The number of thiazole rings is 1.